The van der Waals surface area contributed by atoms with E-state index < -0.39 is 29.7 Å². The van der Waals surface area contributed by atoms with E-state index in [-0.39, 0.29) is 31.3 Å². The molecule has 0 saturated carbocycles. The Bertz CT molecular complexity index is 1300. The number of carbonyl (C=O) groups is 5. The van der Waals surface area contributed by atoms with E-state index in [1.807, 2.05) is 6.07 Å². The summed E-state index contributed by atoms with van der Waals surface area (Å²) in [4.78, 5) is 64.5. The molecule has 2 aromatic carbocycles. The minimum absolute atomic E-state index is 0.190. The summed E-state index contributed by atoms with van der Waals surface area (Å²) in [5.74, 6) is -1.04. The van der Waals surface area contributed by atoms with E-state index in [0.29, 0.717) is 23.4 Å². The van der Waals surface area contributed by atoms with Crippen molar-refractivity contribution in [2.45, 2.75) is 58.3 Å². The summed E-state index contributed by atoms with van der Waals surface area (Å²) < 4.78 is 5.41. The van der Waals surface area contributed by atoms with E-state index in [1.165, 1.54) is 9.80 Å². The maximum atomic E-state index is 12.9. The van der Waals surface area contributed by atoms with E-state index in [4.69, 9.17) is 4.74 Å². The van der Waals surface area contributed by atoms with Crippen molar-refractivity contribution in [3.63, 3.8) is 0 Å². The molecule has 0 aromatic heterocycles. The molecule has 1 atom stereocenters. The Labute approximate surface area is 220 Å². The highest BCUT2D eigenvalue weighted by Gasteiger charge is 2.39. The van der Waals surface area contributed by atoms with E-state index in [2.05, 4.69) is 16.0 Å². The van der Waals surface area contributed by atoms with Gasteiger partial charge in [0.2, 0.25) is 11.8 Å². The fraction of sp³-hybridized carbons (Fsp3) is 0.370. The van der Waals surface area contributed by atoms with Crippen molar-refractivity contribution in [1.82, 2.24) is 15.5 Å². The molecule has 6 amide bonds. The highest BCUT2D eigenvalue weighted by atomic mass is 16.6. The molecule has 1 fully saturated rings. The van der Waals surface area contributed by atoms with Crippen LogP contribution in [0.1, 0.15) is 55.1 Å². The molecule has 1 unspecified atom stereocenters. The number of nitrogens with one attached hydrogen (secondary N) is 3. The third-order valence-electron chi connectivity index (χ3n) is 6.22. The van der Waals surface area contributed by atoms with Crippen molar-refractivity contribution < 1.29 is 28.7 Å². The van der Waals surface area contributed by atoms with Crippen molar-refractivity contribution in [2.24, 2.45) is 0 Å². The quantitative estimate of drug-likeness (QED) is 0.517. The summed E-state index contributed by atoms with van der Waals surface area (Å²) in [5.41, 5.74) is 2.27. The summed E-state index contributed by atoms with van der Waals surface area (Å²) >= 11 is 0. The van der Waals surface area contributed by atoms with Gasteiger partial charge in [0.25, 0.3) is 5.91 Å². The molecule has 4 rings (SSSR count). The number of amides is 6. The number of rotatable bonds is 5. The molecule has 11 nitrogen and oxygen atoms in total. The molecule has 0 bridgehead atoms. The van der Waals surface area contributed by atoms with Gasteiger partial charge in [0.05, 0.1) is 11.4 Å². The van der Waals surface area contributed by atoms with E-state index in [9.17, 15) is 24.0 Å². The predicted octanol–water partition coefficient (Wildman–Crippen LogP) is 3.14. The minimum atomic E-state index is -0.682. The van der Waals surface area contributed by atoms with Gasteiger partial charge in [-0.05, 0) is 56.5 Å². The number of benzene rings is 2. The molecular weight excluding hydrogens is 490 g/mol. The van der Waals surface area contributed by atoms with Crippen LogP contribution in [0, 0.1) is 0 Å². The van der Waals surface area contributed by atoms with Gasteiger partial charge in [-0.2, -0.15) is 0 Å². The lowest BCUT2D eigenvalue weighted by molar-refractivity contribution is -0.136. The maximum absolute atomic E-state index is 12.9. The van der Waals surface area contributed by atoms with Crippen LogP contribution in [0.15, 0.2) is 42.5 Å². The number of nitrogens with zero attached hydrogens (tertiary/aromatic N) is 2. The van der Waals surface area contributed by atoms with Gasteiger partial charge < -0.3 is 20.3 Å². The topological polar surface area (TPSA) is 137 Å². The zero-order chi connectivity index (χ0) is 27.6. The first-order valence-electron chi connectivity index (χ1n) is 12.3. The molecule has 2 heterocycles. The average Bonchev–Trinajstić information content (AvgIpc) is 3.17. The second-order valence-corrected chi connectivity index (χ2v) is 10.3. The highest BCUT2D eigenvalue weighted by molar-refractivity contribution is 6.05. The van der Waals surface area contributed by atoms with Crippen LogP contribution in [-0.2, 0) is 27.4 Å². The van der Waals surface area contributed by atoms with Gasteiger partial charge in [-0.1, -0.05) is 24.3 Å². The van der Waals surface area contributed by atoms with Crippen LogP contribution in [0.5, 0.6) is 0 Å². The maximum Gasteiger partial charge on any atom is 0.414 e. The van der Waals surface area contributed by atoms with Gasteiger partial charge in [-0.3, -0.25) is 24.6 Å². The lowest BCUT2D eigenvalue weighted by Crippen LogP contribution is -2.52. The van der Waals surface area contributed by atoms with Gasteiger partial charge in [0.15, 0.2) is 0 Å². The van der Waals surface area contributed by atoms with Crippen molar-refractivity contribution in [1.29, 1.82) is 0 Å². The Balaban J connectivity index is 1.37. The van der Waals surface area contributed by atoms with Crippen molar-refractivity contribution in [3.05, 3.63) is 59.2 Å². The summed E-state index contributed by atoms with van der Waals surface area (Å²) in [5, 5.41) is 7.84. The summed E-state index contributed by atoms with van der Waals surface area (Å²) in [6.07, 6.45) is -0.0626. The largest absolute Gasteiger partial charge is 0.443 e. The van der Waals surface area contributed by atoms with Gasteiger partial charge in [0.1, 0.15) is 11.6 Å². The molecule has 3 N–H and O–H groups in total. The average molecular weight is 522 g/mol. The number of urea groups is 1. The van der Waals surface area contributed by atoms with Gasteiger partial charge in [0, 0.05) is 32.1 Å². The Morgan fingerprint density at radius 3 is 2.58 bits per heavy atom. The van der Waals surface area contributed by atoms with E-state index >= 15 is 0 Å². The molecule has 0 radical (unpaired) electrons. The van der Waals surface area contributed by atoms with Crippen LogP contribution in [0.2, 0.25) is 0 Å². The summed E-state index contributed by atoms with van der Waals surface area (Å²) in [6, 6.07) is 11.0. The van der Waals surface area contributed by atoms with Crippen molar-refractivity contribution >= 4 is 41.2 Å². The van der Waals surface area contributed by atoms with Crippen molar-refractivity contribution in [2.75, 3.05) is 17.3 Å². The molecule has 2 aliphatic heterocycles. The molecule has 2 aromatic rings. The monoisotopic (exact) mass is 521 g/mol. The second kappa shape index (κ2) is 10.5. The normalized spacial score (nSPS) is 17.0. The number of para-hydroxylation sites is 2. The second-order valence-electron chi connectivity index (χ2n) is 10.3. The number of ether oxygens (including phenoxy) is 1. The van der Waals surface area contributed by atoms with Crippen LogP contribution in [0.3, 0.4) is 0 Å². The molecule has 2 aliphatic rings. The smallest absolute Gasteiger partial charge is 0.414 e. The number of fused-ring (bicyclic) bond motifs is 1. The fourth-order valence-electron chi connectivity index (χ4n) is 4.39. The van der Waals surface area contributed by atoms with Crippen LogP contribution >= 0.6 is 0 Å². The number of anilines is 2. The zero-order valence-electron chi connectivity index (χ0n) is 21.8. The molecule has 1 saturated heterocycles. The molecule has 0 spiro atoms. The molecule has 11 heteroatoms. The minimum Gasteiger partial charge on any atom is -0.443 e. The fourth-order valence-corrected chi connectivity index (χ4v) is 4.39. The Kier molecular flexibility index (Phi) is 7.38. The Morgan fingerprint density at radius 1 is 1.13 bits per heavy atom. The van der Waals surface area contributed by atoms with Crippen LogP contribution in [0.25, 0.3) is 0 Å². The standard InChI is InChI=1S/C27H31N5O6/c1-27(2,3)38-26(37)31(4)20-8-6-5-7-19(20)29-25(36)28-14-16-9-10-18-17(13-16)15-32(24(18)35)21-11-12-22(33)30-23(21)34/h5-10,13,21H,11-12,14-15H2,1-4H3,(H2,28,29,36)(H,30,33,34). The number of imide groups is 1. The third kappa shape index (κ3) is 5.93. The first kappa shape index (κ1) is 26.6. The Hall–Kier alpha value is -4.41. The summed E-state index contributed by atoms with van der Waals surface area (Å²) in [6.45, 7) is 5.77. The lowest BCUT2D eigenvalue weighted by Gasteiger charge is -2.29. The lowest BCUT2D eigenvalue weighted by atomic mass is 10.0. The first-order valence-corrected chi connectivity index (χ1v) is 12.3. The Morgan fingerprint density at radius 2 is 1.87 bits per heavy atom. The zero-order valence-corrected chi connectivity index (χ0v) is 21.8. The van der Waals surface area contributed by atoms with Crippen molar-refractivity contribution in [3.8, 4) is 0 Å². The molecule has 200 valence electrons. The number of carbonyl (C=O) groups excluding carboxylic acids is 5. The molecule has 0 aliphatic carbocycles. The third-order valence-corrected chi connectivity index (χ3v) is 6.22. The number of hydrogen-bond acceptors (Lipinski definition) is 6. The van der Waals surface area contributed by atoms with Gasteiger partial charge in [-0.15, -0.1) is 0 Å². The summed E-state index contributed by atoms with van der Waals surface area (Å²) in [7, 11) is 1.57. The van der Waals surface area contributed by atoms with Gasteiger partial charge >= 0.3 is 12.1 Å². The molecule has 38 heavy (non-hydrogen) atoms. The van der Waals surface area contributed by atoms with Crippen LogP contribution in [-0.4, -0.2) is 53.4 Å². The number of piperidine rings is 1. The molecular formula is C27H31N5O6. The first-order chi connectivity index (χ1) is 17.9. The predicted molar refractivity (Wildman–Crippen MR) is 139 cm³/mol. The van der Waals surface area contributed by atoms with E-state index in [0.717, 1.165) is 11.1 Å². The number of hydrogen-bond donors (Lipinski definition) is 3. The SMILES string of the molecule is CN(C(=O)OC(C)(C)C)c1ccccc1NC(=O)NCc1ccc2c(c1)CN(C1CCC(=O)NC1=O)C2=O. The highest BCUT2D eigenvalue weighted by Crippen LogP contribution is 2.29. The van der Waals surface area contributed by atoms with Gasteiger partial charge in [-0.25, -0.2) is 9.59 Å². The van der Waals surface area contributed by atoms with Crippen LogP contribution < -0.4 is 20.9 Å². The van der Waals surface area contributed by atoms with Crippen LogP contribution in [0.4, 0.5) is 21.0 Å². The van der Waals surface area contributed by atoms with E-state index in [1.54, 1.807) is 64.2 Å².